The lowest BCUT2D eigenvalue weighted by molar-refractivity contribution is 0.363. The molecule has 0 aromatic heterocycles. The topological polar surface area (TPSA) is 26.0 Å². The Bertz CT molecular complexity index is 451. The molecule has 3 rings (SSSR count). The van der Waals surface area contributed by atoms with Crippen molar-refractivity contribution in [2.24, 2.45) is 11.7 Å². The summed E-state index contributed by atoms with van der Waals surface area (Å²) < 4.78 is 0. The van der Waals surface area contributed by atoms with Crippen LogP contribution in [0, 0.1) is 5.92 Å². The Morgan fingerprint density at radius 1 is 1.11 bits per heavy atom. The largest absolute Gasteiger partial charge is 0.325 e. The quantitative estimate of drug-likeness (QED) is 0.796. The molecule has 104 valence electrons. The van der Waals surface area contributed by atoms with Crippen molar-refractivity contribution < 1.29 is 0 Å². The Kier molecular flexibility index (Phi) is 3.66. The minimum Gasteiger partial charge on any atom is -0.325 e. The standard InChI is InChI=1S/C18H27N/c1-14-4-3-10-18(19,11-9-14)13-15-7-8-16-5-2-6-17(16)12-15/h7-8,12,14H,2-6,9-11,13,19H2,1H3. The highest BCUT2D eigenvalue weighted by molar-refractivity contribution is 5.36. The highest BCUT2D eigenvalue weighted by atomic mass is 14.7. The van der Waals surface area contributed by atoms with Gasteiger partial charge in [0.1, 0.15) is 0 Å². The van der Waals surface area contributed by atoms with Crippen molar-refractivity contribution in [3.05, 3.63) is 34.9 Å². The number of hydrogen-bond acceptors (Lipinski definition) is 1. The Balaban J connectivity index is 1.73. The van der Waals surface area contributed by atoms with Gasteiger partial charge in [-0.2, -0.15) is 0 Å². The minimum atomic E-state index is 0.0532. The summed E-state index contributed by atoms with van der Waals surface area (Å²) in [5, 5.41) is 0. The molecule has 1 nitrogen and oxygen atoms in total. The van der Waals surface area contributed by atoms with Crippen LogP contribution in [0.4, 0.5) is 0 Å². The molecule has 0 saturated heterocycles. The molecule has 0 heterocycles. The van der Waals surface area contributed by atoms with Crippen LogP contribution in [-0.2, 0) is 19.3 Å². The first-order valence-corrected chi connectivity index (χ1v) is 8.04. The van der Waals surface area contributed by atoms with Gasteiger partial charge < -0.3 is 5.73 Å². The van der Waals surface area contributed by atoms with Gasteiger partial charge >= 0.3 is 0 Å². The number of aryl methyl sites for hydroxylation is 2. The predicted octanol–water partition coefficient (Wildman–Crippen LogP) is 4.02. The maximum atomic E-state index is 6.70. The smallest absolute Gasteiger partial charge is 0.0195 e. The van der Waals surface area contributed by atoms with Crippen molar-refractivity contribution in [1.29, 1.82) is 0 Å². The van der Waals surface area contributed by atoms with E-state index in [1.165, 1.54) is 56.9 Å². The average molecular weight is 257 g/mol. The molecular weight excluding hydrogens is 230 g/mol. The summed E-state index contributed by atoms with van der Waals surface area (Å²) in [5.74, 6) is 0.866. The first-order chi connectivity index (χ1) is 9.15. The van der Waals surface area contributed by atoms with E-state index < -0.39 is 0 Å². The number of benzene rings is 1. The molecule has 2 unspecified atom stereocenters. The molecule has 2 aliphatic carbocycles. The van der Waals surface area contributed by atoms with Gasteiger partial charge in [-0.15, -0.1) is 0 Å². The van der Waals surface area contributed by atoms with E-state index in [0.29, 0.717) is 0 Å². The van der Waals surface area contributed by atoms with Crippen molar-refractivity contribution in [2.45, 2.75) is 70.3 Å². The second-order valence-electron chi connectivity index (χ2n) is 7.03. The van der Waals surface area contributed by atoms with Gasteiger partial charge in [-0.25, -0.2) is 0 Å². The second kappa shape index (κ2) is 5.28. The number of fused-ring (bicyclic) bond motifs is 1. The van der Waals surface area contributed by atoms with E-state index in [1.807, 2.05) is 0 Å². The molecule has 1 aromatic rings. The van der Waals surface area contributed by atoms with Crippen molar-refractivity contribution in [1.82, 2.24) is 0 Å². The van der Waals surface area contributed by atoms with E-state index >= 15 is 0 Å². The van der Waals surface area contributed by atoms with E-state index in [4.69, 9.17) is 5.73 Å². The second-order valence-corrected chi connectivity index (χ2v) is 7.03. The van der Waals surface area contributed by atoms with Crippen LogP contribution in [0.15, 0.2) is 18.2 Å². The Labute approximate surface area is 117 Å². The molecule has 1 aromatic carbocycles. The fraction of sp³-hybridized carbons (Fsp3) is 0.667. The van der Waals surface area contributed by atoms with Crippen molar-refractivity contribution in [2.75, 3.05) is 0 Å². The molecule has 1 fully saturated rings. The van der Waals surface area contributed by atoms with Gasteiger partial charge in [0, 0.05) is 5.54 Å². The third-order valence-electron chi connectivity index (χ3n) is 5.23. The van der Waals surface area contributed by atoms with Crippen LogP contribution < -0.4 is 5.73 Å². The van der Waals surface area contributed by atoms with Gasteiger partial charge in [0.05, 0.1) is 0 Å². The lowest BCUT2D eigenvalue weighted by atomic mass is 9.84. The van der Waals surface area contributed by atoms with Crippen LogP contribution in [0.25, 0.3) is 0 Å². The molecule has 1 heteroatoms. The molecule has 0 radical (unpaired) electrons. The summed E-state index contributed by atoms with van der Waals surface area (Å²) in [6.07, 6.45) is 11.3. The number of nitrogens with two attached hydrogens (primary N) is 1. The fourth-order valence-corrected chi connectivity index (χ4v) is 3.92. The molecule has 0 amide bonds. The summed E-state index contributed by atoms with van der Waals surface area (Å²) >= 11 is 0. The zero-order chi connectivity index (χ0) is 13.3. The SMILES string of the molecule is CC1CCCC(N)(Cc2ccc3c(c2)CCC3)CC1. The molecule has 19 heavy (non-hydrogen) atoms. The molecule has 0 bridgehead atoms. The van der Waals surface area contributed by atoms with Gasteiger partial charge in [0.2, 0.25) is 0 Å². The Morgan fingerprint density at radius 2 is 1.95 bits per heavy atom. The summed E-state index contributed by atoms with van der Waals surface area (Å²) in [7, 11) is 0. The van der Waals surface area contributed by atoms with Crippen LogP contribution >= 0.6 is 0 Å². The fourth-order valence-electron chi connectivity index (χ4n) is 3.92. The van der Waals surface area contributed by atoms with Gasteiger partial charge in [-0.3, -0.25) is 0 Å². The lowest BCUT2D eigenvalue weighted by Gasteiger charge is -2.28. The lowest BCUT2D eigenvalue weighted by Crippen LogP contribution is -2.41. The van der Waals surface area contributed by atoms with Crippen LogP contribution in [0.5, 0.6) is 0 Å². The van der Waals surface area contributed by atoms with Crippen LogP contribution in [0.2, 0.25) is 0 Å². The van der Waals surface area contributed by atoms with E-state index in [9.17, 15) is 0 Å². The van der Waals surface area contributed by atoms with Crippen molar-refractivity contribution in [3.63, 3.8) is 0 Å². The molecule has 2 N–H and O–H groups in total. The van der Waals surface area contributed by atoms with Crippen molar-refractivity contribution >= 4 is 0 Å². The summed E-state index contributed by atoms with van der Waals surface area (Å²) in [4.78, 5) is 0. The summed E-state index contributed by atoms with van der Waals surface area (Å²) in [6, 6.07) is 7.11. The zero-order valence-electron chi connectivity index (χ0n) is 12.3. The highest BCUT2D eigenvalue weighted by Gasteiger charge is 2.28. The average Bonchev–Trinajstić information content (AvgIpc) is 2.77. The van der Waals surface area contributed by atoms with Gasteiger partial charge in [0.15, 0.2) is 0 Å². The molecule has 0 spiro atoms. The normalized spacial score (nSPS) is 30.9. The molecule has 2 atom stereocenters. The number of rotatable bonds is 2. The summed E-state index contributed by atoms with van der Waals surface area (Å²) in [5.41, 5.74) is 11.4. The first-order valence-electron chi connectivity index (χ1n) is 8.04. The third kappa shape index (κ3) is 3.02. The monoisotopic (exact) mass is 257 g/mol. The Morgan fingerprint density at radius 3 is 2.84 bits per heavy atom. The van der Waals surface area contributed by atoms with Gasteiger partial charge in [0.25, 0.3) is 0 Å². The molecule has 1 saturated carbocycles. The maximum absolute atomic E-state index is 6.70. The van der Waals surface area contributed by atoms with Crippen molar-refractivity contribution in [3.8, 4) is 0 Å². The van der Waals surface area contributed by atoms with E-state index in [1.54, 1.807) is 11.1 Å². The first kappa shape index (κ1) is 13.2. The summed E-state index contributed by atoms with van der Waals surface area (Å²) in [6.45, 7) is 2.38. The predicted molar refractivity (Wildman–Crippen MR) is 81.3 cm³/mol. The van der Waals surface area contributed by atoms with Crippen LogP contribution in [-0.4, -0.2) is 5.54 Å². The maximum Gasteiger partial charge on any atom is 0.0195 e. The van der Waals surface area contributed by atoms with E-state index in [0.717, 1.165) is 12.3 Å². The van der Waals surface area contributed by atoms with Gasteiger partial charge in [-0.05, 0) is 67.6 Å². The molecule has 0 aliphatic heterocycles. The minimum absolute atomic E-state index is 0.0532. The van der Waals surface area contributed by atoms with Crippen LogP contribution in [0.1, 0.15) is 62.1 Å². The van der Waals surface area contributed by atoms with E-state index in [-0.39, 0.29) is 5.54 Å². The Hall–Kier alpha value is -0.820. The van der Waals surface area contributed by atoms with Crippen LogP contribution in [0.3, 0.4) is 0 Å². The van der Waals surface area contributed by atoms with Gasteiger partial charge in [-0.1, -0.05) is 38.0 Å². The molecular formula is C18H27N. The zero-order valence-corrected chi connectivity index (χ0v) is 12.3. The highest BCUT2D eigenvalue weighted by Crippen LogP contribution is 2.32. The molecule has 2 aliphatic rings. The van der Waals surface area contributed by atoms with E-state index in [2.05, 4.69) is 25.1 Å². The third-order valence-corrected chi connectivity index (χ3v) is 5.23. The number of hydrogen-bond donors (Lipinski definition) is 1.